The van der Waals surface area contributed by atoms with Gasteiger partial charge in [0.1, 0.15) is 11.4 Å². The molecule has 0 aliphatic rings. The monoisotopic (exact) mass is 292 g/mol. The van der Waals surface area contributed by atoms with E-state index in [1.807, 2.05) is 39.8 Å². The number of ether oxygens (including phenoxy) is 2. The standard InChI is InChI=1S/C17H24O4/c1-6-15(18)20-14-9-7-13(8-10-14)11-12(2)16(19)21-17(3,4)5/h7-10,12H,6,11H2,1-5H3. The highest BCUT2D eigenvalue weighted by molar-refractivity contribution is 5.73. The number of hydrogen-bond donors (Lipinski definition) is 0. The number of carbonyl (C=O) groups is 2. The molecule has 1 unspecified atom stereocenters. The fourth-order valence-corrected chi connectivity index (χ4v) is 1.74. The van der Waals surface area contributed by atoms with E-state index in [0.717, 1.165) is 5.56 Å². The van der Waals surface area contributed by atoms with Crippen molar-refractivity contribution in [3.8, 4) is 5.75 Å². The molecule has 21 heavy (non-hydrogen) atoms. The van der Waals surface area contributed by atoms with Crippen LogP contribution >= 0.6 is 0 Å². The Morgan fingerprint density at radius 2 is 1.71 bits per heavy atom. The summed E-state index contributed by atoms with van der Waals surface area (Å²) >= 11 is 0. The van der Waals surface area contributed by atoms with Gasteiger partial charge in [-0.2, -0.15) is 0 Å². The molecule has 0 radical (unpaired) electrons. The summed E-state index contributed by atoms with van der Waals surface area (Å²) in [7, 11) is 0. The largest absolute Gasteiger partial charge is 0.460 e. The quantitative estimate of drug-likeness (QED) is 0.615. The molecule has 1 aromatic carbocycles. The zero-order valence-electron chi connectivity index (χ0n) is 13.4. The number of hydrogen-bond acceptors (Lipinski definition) is 4. The lowest BCUT2D eigenvalue weighted by atomic mass is 10.0. The number of benzene rings is 1. The van der Waals surface area contributed by atoms with Crippen LogP contribution in [-0.4, -0.2) is 17.5 Å². The van der Waals surface area contributed by atoms with Crippen LogP contribution in [0.15, 0.2) is 24.3 Å². The molecule has 1 aromatic rings. The highest BCUT2D eigenvalue weighted by Gasteiger charge is 2.21. The average molecular weight is 292 g/mol. The van der Waals surface area contributed by atoms with E-state index in [2.05, 4.69) is 0 Å². The van der Waals surface area contributed by atoms with Crippen LogP contribution in [0, 0.1) is 5.92 Å². The molecule has 0 heterocycles. The molecule has 1 rings (SSSR count). The summed E-state index contributed by atoms with van der Waals surface area (Å²) in [6.07, 6.45) is 0.939. The molecule has 0 saturated heterocycles. The maximum Gasteiger partial charge on any atom is 0.310 e. The van der Waals surface area contributed by atoms with Crippen LogP contribution in [0.4, 0.5) is 0 Å². The van der Waals surface area contributed by atoms with Gasteiger partial charge in [0.25, 0.3) is 0 Å². The van der Waals surface area contributed by atoms with Gasteiger partial charge in [0, 0.05) is 6.42 Å². The smallest absolute Gasteiger partial charge is 0.310 e. The van der Waals surface area contributed by atoms with E-state index in [1.165, 1.54) is 0 Å². The van der Waals surface area contributed by atoms with E-state index >= 15 is 0 Å². The van der Waals surface area contributed by atoms with Crippen LogP contribution in [0.25, 0.3) is 0 Å². The number of esters is 2. The minimum Gasteiger partial charge on any atom is -0.460 e. The normalized spacial score (nSPS) is 12.6. The summed E-state index contributed by atoms with van der Waals surface area (Å²) < 4.78 is 10.5. The Labute approximate surface area is 126 Å². The first-order chi connectivity index (χ1) is 9.71. The van der Waals surface area contributed by atoms with Crippen molar-refractivity contribution in [1.82, 2.24) is 0 Å². The van der Waals surface area contributed by atoms with Gasteiger partial charge >= 0.3 is 11.9 Å². The first-order valence-electron chi connectivity index (χ1n) is 7.23. The SMILES string of the molecule is CCC(=O)Oc1ccc(CC(C)C(=O)OC(C)(C)C)cc1. The van der Waals surface area contributed by atoms with Crippen molar-refractivity contribution in [2.45, 2.75) is 53.1 Å². The van der Waals surface area contributed by atoms with Gasteiger partial charge < -0.3 is 9.47 Å². The van der Waals surface area contributed by atoms with E-state index in [4.69, 9.17) is 9.47 Å². The lowest BCUT2D eigenvalue weighted by molar-refractivity contribution is -0.159. The molecular weight excluding hydrogens is 268 g/mol. The maximum absolute atomic E-state index is 11.9. The summed E-state index contributed by atoms with van der Waals surface area (Å²) in [6.45, 7) is 9.16. The summed E-state index contributed by atoms with van der Waals surface area (Å²) in [4.78, 5) is 23.1. The van der Waals surface area contributed by atoms with E-state index < -0.39 is 5.60 Å². The van der Waals surface area contributed by atoms with Crippen molar-refractivity contribution in [3.63, 3.8) is 0 Å². The third-order valence-electron chi connectivity index (χ3n) is 2.79. The van der Waals surface area contributed by atoms with Gasteiger partial charge in [0.2, 0.25) is 0 Å². The minimum absolute atomic E-state index is 0.205. The fraction of sp³-hybridized carbons (Fsp3) is 0.529. The Hall–Kier alpha value is -1.84. The third-order valence-corrected chi connectivity index (χ3v) is 2.79. The fourth-order valence-electron chi connectivity index (χ4n) is 1.74. The topological polar surface area (TPSA) is 52.6 Å². The summed E-state index contributed by atoms with van der Waals surface area (Å²) in [5, 5.41) is 0. The summed E-state index contributed by atoms with van der Waals surface area (Å²) in [6, 6.07) is 7.20. The second kappa shape index (κ2) is 7.25. The molecule has 0 spiro atoms. The van der Waals surface area contributed by atoms with Crippen LogP contribution in [0.5, 0.6) is 5.75 Å². The van der Waals surface area contributed by atoms with Crippen LogP contribution in [-0.2, 0) is 20.7 Å². The number of carbonyl (C=O) groups excluding carboxylic acids is 2. The molecular formula is C17H24O4. The second-order valence-electron chi connectivity index (χ2n) is 6.11. The lowest BCUT2D eigenvalue weighted by Crippen LogP contribution is -2.28. The third kappa shape index (κ3) is 6.43. The Bertz CT molecular complexity index is 483. The maximum atomic E-state index is 11.9. The molecule has 0 amide bonds. The predicted octanol–water partition coefficient (Wildman–Crippen LogP) is 3.52. The van der Waals surface area contributed by atoms with Crippen LogP contribution < -0.4 is 4.74 Å². The molecule has 0 aliphatic heterocycles. The molecule has 1 atom stereocenters. The Kier molecular flexibility index (Phi) is 5.94. The zero-order valence-corrected chi connectivity index (χ0v) is 13.4. The van der Waals surface area contributed by atoms with Gasteiger partial charge in [-0.25, -0.2) is 0 Å². The minimum atomic E-state index is -0.469. The zero-order chi connectivity index (χ0) is 16.0. The van der Waals surface area contributed by atoms with Crippen molar-refractivity contribution in [2.75, 3.05) is 0 Å². The highest BCUT2D eigenvalue weighted by Crippen LogP contribution is 2.18. The van der Waals surface area contributed by atoms with Gasteiger partial charge in [-0.3, -0.25) is 9.59 Å². The van der Waals surface area contributed by atoms with E-state index in [-0.39, 0.29) is 17.9 Å². The first-order valence-corrected chi connectivity index (χ1v) is 7.23. The van der Waals surface area contributed by atoms with Crippen molar-refractivity contribution in [1.29, 1.82) is 0 Å². The van der Waals surface area contributed by atoms with E-state index in [9.17, 15) is 9.59 Å². The second-order valence-corrected chi connectivity index (χ2v) is 6.11. The van der Waals surface area contributed by atoms with Crippen LogP contribution in [0.2, 0.25) is 0 Å². The molecule has 4 heteroatoms. The van der Waals surface area contributed by atoms with Gasteiger partial charge in [0.15, 0.2) is 0 Å². The molecule has 0 bridgehead atoms. The highest BCUT2D eigenvalue weighted by atomic mass is 16.6. The van der Waals surface area contributed by atoms with Crippen molar-refractivity contribution in [2.24, 2.45) is 5.92 Å². The van der Waals surface area contributed by atoms with Crippen LogP contribution in [0.1, 0.15) is 46.6 Å². The number of rotatable bonds is 5. The van der Waals surface area contributed by atoms with Crippen molar-refractivity contribution in [3.05, 3.63) is 29.8 Å². The molecule has 116 valence electrons. The molecule has 0 aliphatic carbocycles. The summed E-state index contributed by atoms with van der Waals surface area (Å²) in [5.41, 5.74) is 0.536. The van der Waals surface area contributed by atoms with Crippen molar-refractivity contribution >= 4 is 11.9 Å². The molecule has 0 N–H and O–H groups in total. The molecule has 4 nitrogen and oxygen atoms in total. The van der Waals surface area contributed by atoms with Gasteiger partial charge in [-0.05, 0) is 44.9 Å². The molecule has 0 aromatic heterocycles. The Morgan fingerprint density at radius 1 is 1.14 bits per heavy atom. The summed E-state index contributed by atoms with van der Waals surface area (Å²) in [5.74, 6) is -0.155. The van der Waals surface area contributed by atoms with E-state index in [1.54, 1.807) is 19.1 Å². The van der Waals surface area contributed by atoms with Crippen LogP contribution in [0.3, 0.4) is 0 Å². The van der Waals surface area contributed by atoms with Crippen molar-refractivity contribution < 1.29 is 19.1 Å². The van der Waals surface area contributed by atoms with Gasteiger partial charge in [-0.1, -0.05) is 26.0 Å². The lowest BCUT2D eigenvalue weighted by Gasteiger charge is -2.22. The predicted molar refractivity (Wildman–Crippen MR) is 81.1 cm³/mol. The first kappa shape index (κ1) is 17.2. The Morgan fingerprint density at radius 3 is 2.19 bits per heavy atom. The molecule has 0 saturated carbocycles. The van der Waals surface area contributed by atoms with Gasteiger partial charge in [0.05, 0.1) is 5.92 Å². The van der Waals surface area contributed by atoms with Gasteiger partial charge in [-0.15, -0.1) is 0 Å². The molecule has 0 fully saturated rings. The van der Waals surface area contributed by atoms with E-state index in [0.29, 0.717) is 18.6 Å². The Balaban J connectivity index is 2.59. The average Bonchev–Trinajstić information content (AvgIpc) is 2.38.